The van der Waals surface area contributed by atoms with Gasteiger partial charge in [-0.2, -0.15) is 0 Å². The molecule has 164 valence electrons. The van der Waals surface area contributed by atoms with Gasteiger partial charge < -0.3 is 9.64 Å². The summed E-state index contributed by atoms with van der Waals surface area (Å²) in [5.74, 6) is -0.532. The van der Waals surface area contributed by atoms with Crippen LogP contribution in [0.5, 0.6) is 0 Å². The van der Waals surface area contributed by atoms with Crippen molar-refractivity contribution in [2.24, 2.45) is 0 Å². The molecule has 0 unspecified atom stereocenters. The van der Waals surface area contributed by atoms with Gasteiger partial charge in [0.2, 0.25) is 0 Å². The van der Waals surface area contributed by atoms with Crippen LogP contribution in [0.4, 0.5) is 22.2 Å². The molecule has 2 aromatic carbocycles. The lowest BCUT2D eigenvalue weighted by molar-refractivity contribution is -0.385. The molecule has 0 aliphatic carbocycles. The number of ether oxygens (including phenoxy) is 1. The van der Waals surface area contributed by atoms with Crippen LogP contribution in [0.1, 0.15) is 10.4 Å². The first-order chi connectivity index (χ1) is 15.4. The lowest BCUT2D eigenvalue weighted by Gasteiger charge is -2.30. The number of non-ortho nitro benzene ring substituents is 2. The number of rotatable bonds is 6. The van der Waals surface area contributed by atoms with Gasteiger partial charge in [-0.15, -0.1) is 11.3 Å². The Morgan fingerprint density at radius 1 is 1.06 bits per heavy atom. The number of hydrogen-bond acceptors (Lipinski definition) is 9. The van der Waals surface area contributed by atoms with Crippen LogP contribution in [0.25, 0.3) is 11.3 Å². The normalized spacial score (nSPS) is 13.6. The number of hydrogen-bond donors (Lipinski definition) is 1. The molecule has 2 heterocycles. The third-order valence-electron chi connectivity index (χ3n) is 4.86. The first-order valence-electron chi connectivity index (χ1n) is 9.55. The summed E-state index contributed by atoms with van der Waals surface area (Å²) >= 11 is 1.15. The van der Waals surface area contributed by atoms with Gasteiger partial charge in [0.25, 0.3) is 17.3 Å². The van der Waals surface area contributed by atoms with E-state index in [2.05, 4.69) is 10.3 Å². The van der Waals surface area contributed by atoms with Crippen molar-refractivity contribution in [3.8, 4) is 11.3 Å². The van der Waals surface area contributed by atoms with E-state index in [1.54, 1.807) is 23.6 Å². The van der Waals surface area contributed by atoms with Gasteiger partial charge in [-0.1, -0.05) is 12.1 Å². The predicted molar refractivity (Wildman–Crippen MR) is 118 cm³/mol. The first kappa shape index (κ1) is 21.3. The van der Waals surface area contributed by atoms with Gasteiger partial charge in [-0.3, -0.25) is 30.3 Å². The Morgan fingerprint density at radius 2 is 1.78 bits per heavy atom. The Labute approximate surface area is 185 Å². The number of benzene rings is 2. The third kappa shape index (κ3) is 4.55. The van der Waals surface area contributed by atoms with E-state index in [0.29, 0.717) is 43.2 Å². The van der Waals surface area contributed by atoms with E-state index in [-0.39, 0.29) is 22.1 Å². The fraction of sp³-hybridized carbons (Fsp3) is 0.200. The number of nitro benzene ring substituents is 2. The molecule has 0 atom stereocenters. The van der Waals surface area contributed by atoms with Gasteiger partial charge in [-0.25, -0.2) is 4.98 Å². The summed E-state index contributed by atoms with van der Waals surface area (Å²) in [6, 6.07) is 10.2. The van der Waals surface area contributed by atoms with E-state index in [1.165, 1.54) is 24.3 Å². The third-order valence-corrected chi connectivity index (χ3v) is 5.62. The van der Waals surface area contributed by atoms with E-state index in [4.69, 9.17) is 4.74 Å². The smallest absolute Gasteiger partial charge is 0.270 e. The van der Waals surface area contributed by atoms with Crippen LogP contribution in [0.15, 0.2) is 47.8 Å². The van der Waals surface area contributed by atoms with Crippen molar-refractivity contribution in [2.45, 2.75) is 0 Å². The number of amides is 1. The minimum Gasteiger partial charge on any atom is -0.378 e. The van der Waals surface area contributed by atoms with Gasteiger partial charge in [-0.05, 0) is 6.07 Å². The minimum absolute atomic E-state index is 0.0622. The van der Waals surface area contributed by atoms with Crippen molar-refractivity contribution in [3.05, 3.63) is 73.6 Å². The topological polar surface area (TPSA) is 141 Å². The fourth-order valence-corrected chi connectivity index (χ4v) is 4.02. The monoisotopic (exact) mass is 455 g/mol. The molecule has 32 heavy (non-hydrogen) atoms. The minimum atomic E-state index is -0.552. The van der Waals surface area contributed by atoms with Gasteiger partial charge in [0.1, 0.15) is 0 Å². The van der Waals surface area contributed by atoms with Crippen molar-refractivity contribution >= 4 is 39.4 Å². The summed E-state index contributed by atoms with van der Waals surface area (Å²) in [5, 5.41) is 26.9. The number of aromatic nitrogens is 1. The number of nitrogens with zero attached hydrogens (tertiary/aromatic N) is 4. The van der Waals surface area contributed by atoms with Crippen LogP contribution in [-0.4, -0.2) is 47.0 Å². The zero-order valence-electron chi connectivity index (χ0n) is 16.6. The molecule has 0 saturated carbocycles. The zero-order valence-corrected chi connectivity index (χ0v) is 17.4. The molecule has 0 radical (unpaired) electrons. The van der Waals surface area contributed by atoms with Gasteiger partial charge >= 0.3 is 0 Å². The number of nitro groups is 2. The Hall–Kier alpha value is -3.90. The van der Waals surface area contributed by atoms with Crippen LogP contribution in [0.3, 0.4) is 0 Å². The van der Waals surface area contributed by atoms with Gasteiger partial charge in [0.05, 0.1) is 40.0 Å². The van der Waals surface area contributed by atoms with Gasteiger partial charge in [0.15, 0.2) is 5.13 Å². The van der Waals surface area contributed by atoms with Crippen LogP contribution in [0.2, 0.25) is 0 Å². The van der Waals surface area contributed by atoms with Crippen molar-refractivity contribution in [1.29, 1.82) is 0 Å². The molecule has 4 rings (SSSR count). The maximum atomic E-state index is 13.0. The average molecular weight is 455 g/mol. The highest BCUT2D eigenvalue weighted by atomic mass is 32.1. The second-order valence-corrected chi connectivity index (χ2v) is 7.72. The van der Waals surface area contributed by atoms with E-state index >= 15 is 0 Å². The maximum Gasteiger partial charge on any atom is 0.270 e. The molecule has 11 nitrogen and oxygen atoms in total. The standard InChI is InChI=1S/C20H17N5O6S/c26-19(16-11-15(25(29)30)4-5-18(16)23-6-8-31-9-7-23)22-20-21-17(12-32-20)13-2-1-3-14(10-13)24(27)28/h1-5,10-12H,6-9H2,(H,21,22,26). The first-order valence-corrected chi connectivity index (χ1v) is 10.4. The van der Waals surface area contributed by atoms with E-state index < -0.39 is 15.8 Å². The average Bonchev–Trinajstić information content (AvgIpc) is 3.27. The Kier molecular flexibility index (Phi) is 6.05. The predicted octanol–water partition coefficient (Wildman–Crippen LogP) is 3.72. The van der Waals surface area contributed by atoms with Crippen LogP contribution in [0, 0.1) is 20.2 Å². The lowest BCUT2D eigenvalue weighted by atomic mass is 10.1. The molecule has 0 spiro atoms. The van der Waals surface area contributed by atoms with Crippen molar-refractivity contribution in [1.82, 2.24) is 4.98 Å². The molecule has 1 saturated heterocycles. The van der Waals surface area contributed by atoms with Crippen LogP contribution in [-0.2, 0) is 4.74 Å². The number of morpholine rings is 1. The molecule has 3 aromatic rings. The number of carbonyl (C=O) groups is 1. The molecule has 1 aliphatic heterocycles. The van der Waals surface area contributed by atoms with E-state index in [0.717, 1.165) is 11.3 Å². The summed E-state index contributed by atoms with van der Waals surface area (Å²) in [4.78, 5) is 40.5. The SMILES string of the molecule is O=C(Nc1nc(-c2cccc([N+](=O)[O-])c2)cs1)c1cc([N+](=O)[O-])ccc1N1CCOCC1. The van der Waals surface area contributed by atoms with E-state index in [9.17, 15) is 25.0 Å². The molecule has 1 fully saturated rings. The van der Waals surface area contributed by atoms with E-state index in [1.807, 2.05) is 4.90 Å². The molecule has 0 bridgehead atoms. The summed E-state index contributed by atoms with van der Waals surface area (Å²) in [6.07, 6.45) is 0. The number of thiazole rings is 1. The molecule has 12 heteroatoms. The van der Waals surface area contributed by atoms with Crippen LogP contribution >= 0.6 is 11.3 Å². The Bertz CT molecular complexity index is 1190. The second-order valence-electron chi connectivity index (χ2n) is 6.86. The summed E-state index contributed by atoms with van der Waals surface area (Å²) < 4.78 is 5.35. The quantitative estimate of drug-likeness (QED) is 0.438. The maximum absolute atomic E-state index is 13.0. The van der Waals surface area contributed by atoms with Crippen molar-refractivity contribution in [2.75, 3.05) is 36.5 Å². The number of nitrogens with one attached hydrogen (secondary N) is 1. The lowest BCUT2D eigenvalue weighted by Crippen LogP contribution is -2.37. The second kappa shape index (κ2) is 9.08. The molecule has 1 N–H and O–H groups in total. The Morgan fingerprint density at radius 3 is 2.50 bits per heavy atom. The zero-order chi connectivity index (χ0) is 22.7. The summed E-state index contributed by atoms with van der Waals surface area (Å²) in [6.45, 7) is 2.12. The van der Waals surface area contributed by atoms with Crippen molar-refractivity contribution in [3.63, 3.8) is 0 Å². The highest BCUT2D eigenvalue weighted by Crippen LogP contribution is 2.30. The number of anilines is 2. The van der Waals surface area contributed by atoms with Crippen LogP contribution < -0.4 is 10.2 Å². The largest absolute Gasteiger partial charge is 0.378 e. The molecular weight excluding hydrogens is 438 g/mol. The Balaban J connectivity index is 1.60. The highest BCUT2D eigenvalue weighted by molar-refractivity contribution is 7.14. The highest BCUT2D eigenvalue weighted by Gasteiger charge is 2.23. The molecule has 1 aromatic heterocycles. The fourth-order valence-electron chi connectivity index (χ4n) is 3.31. The number of carbonyl (C=O) groups excluding carboxylic acids is 1. The van der Waals surface area contributed by atoms with Crippen molar-refractivity contribution < 1.29 is 19.4 Å². The molecule has 1 amide bonds. The summed E-state index contributed by atoms with van der Waals surface area (Å²) in [5.41, 5.74) is 1.50. The molecular formula is C20H17N5O6S. The molecule has 1 aliphatic rings. The van der Waals surface area contributed by atoms with Gasteiger partial charge in [0, 0.05) is 48.3 Å². The summed E-state index contributed by atoms with van der Waals surface area (Å²) in [7, 11) is 0.